The van der Waals surface area contributed by atoms with Crippen LogP contribution in [-0.4, -0.2) is 29.3 Å². The van der Waals surface area contributed by atoms with Gasteiger partial charge in [-0.25, -0.2) is 4.79 Å². The molecule has 1 aromatic rings. The first-order valence-corrected chi connectivity index (χ1v) is 6.75. The molecule has 4 nitrogen and oxygen atoms in total. The summed E-state index contributed by atoms with van der Waals surface area (Å²) >= 11 is 1.56. The minimum atomic E-state index is -0.293. The van der Waals surface area contributed by atoms with Gasteiger partial charge in [-0.2, -0.15) is 4.58 Å². The Labute approximate surface area is 114 Å². The average molecular weight is 273 g/mol. The summed E-state index contributed by atoms with van der Waals surface area (Å²) in [4.78, 5) is 13.2. The molecule has 0 spiro atoms. The fourth-order valence-electron chi connectivity index (χ4n) is 2.06. The fourth-order valence-corrected chi connectivity index (χ4v) is 2.70. The maximum Gasteiger partial charge on any atom is 0.454 e. The third-order valence-corrected chi connectivity index (χ3v) is 3.87. The van der Waals surface area contributed by atoms with Crippen molar-refractivity contribution in [3.05, 3.63) is 52.1 Å². The first-order chi connectivity index (χ1) is 9.15. The highest BCUT2D eigenvalue weighted by molar-refractivity contribution is 7.10. The lowest BCUT2D eigenvalue weighted by atomic mass is 10.1. The summed E-state index contributed by atoms with van der Waals surface area (Å²) in [5, 5.41) is 1.96. The van der Waals surface area contributed by atoms with E-state index in [2.05, 4.69) is 0 Å². The Kier molecular flexibility index (Phi) is 2.83. The van der Waals surface area contributed by atoms with Crippen molar-refractivity contribution in [2.75, 3.05) is 7.05 Å². The number of thiophene rings is 1. The molecule has 1 aliphatic heterocycles. The molecule has 1 atom stereocenters. The molecule has 2 N–H and O–H groups in total. The van der Waals surface area contributed by atoms with Crippen LogP contribution in [0.25, 0.3) is 6.08 Å². The van der Waals surface area contributed by atoms with Crippen LogP contribution in [0.15, 0.2) is 47.2 Å². The summed E-state index contributed by atoms with van der Waals surface area (Å²) in [5.41, 5.74) is 7.22. The second-order valence-corrected chi connectivity index (χ2v) is 5.33. The zero-order chi connectivity index (χ0) is 13.4. The third-order valence-electron chi connectivity index (χ3n) is 3.06. The van der Waals surface area contributed by atoms with Gasteiger partial charge in [0, 0.05) is 22.7 Å². The Morgan fingerprint density at radius 1 is 1.47 bits per heavy atom. The standard InChI is InChI=1S/C14H13N2O2S/c1-16-11-5-4-9(15)7-12(11)18-13(14(16)17)8-10-3-2-6-19-10/h2-8,12H,15H2,1H3/q+1/b13-8+. The molecule has 5 heteroatoms. The number of hydrogen-bond donors (Lipinski definition) is 1. The van der Waals surface area contributed by atoms with Crippen molar-refractivity contribution in [1.82, 2.24) is 0 Å². The topological polar surface area (TPSA) is 55.3 Å². The number of amides is 1. The molecule has 19 heavy (non-hydrogen) atoms. The number of nitrogens with two attached hydrogens (primary N) is 1. The molecule has 0 fully saturated rings. The van der Waals surface area contributed by atoms with Crippen LogP contribution in [-0.2, 0) is 9.53 Å². The molecule has 1 unspecified atom stereocenters. The predicted molar refractivity (Wildman–Crippen MR) is 74.8 cm³/mol. The fraction of sp³-hybridized carbons (Fsp3) is 0.143. The highest BCUT2D eigenvalue weighted by Gasteiger charge is 2.38. The van der Waals surface area contributed by atoms with Crippen molar-refractivity contribution in [2.24, 2.45) is 5.73 Å². The van der Waals surface area contributed by atoms with E-state index in [1.807, 2.05) is 23.6 Å². The molecule has 96 valence electrons. The molecule has 0 saturated carbocycles. The van der Waals surface area contributed by atoms with Gasteiger partial charge in [-0.05, 0) is 23.6 Å². The van der Waals surface area contributed by atoms with E-state index in [1.54, 1.807) is 41.2 Å². The molecule has 1 aliphatic carbocycles. The minimum absolute atomic E-state index is 0.141. The Balaban J connectivity index is 2.02. The molecule has 1 amide bonds. The van der Waals surface area contributed by atoms with Crippen molar-refractivity contribution in [2.45, 2.75) is 6.10 Å². The van der Waals surface area contributed by atoms with Gasteiger partial charge in [-0.1, -0.05) is 6.07 Å². The Morgan fingerprint density at radius 3 is 3.05 bits per heavy atom. The lowest BCUT2D eigenvalue weighted by Crippen LogP contribution is -2.41. The summed E-state index contributed by atoms with van der Waals surface area (Å²) in [6.45, 7) is 0. The number of rotatable bonds is 1. The van der Waals surface area contributed by atoms with Crippen LogP contribution < -0.4 is 5.73 Å². The van der Waals surface area contributed by atoms with E-state index in [-0.39, 0.29) is 12.0 Å². The van der Waals surface area contributed by atoms with Gasteiger partial charge in [0.2, 0.25) is 17.6 Å². The third kappa shape index (κ3) is 2.13. The highest BCUT2D eigenvalue weighted by atomic mass is 32.1. The van der Waals surface area contributed by atoms with E-state index in [0.29, 0.717) is 11.5 Å². The van der Waals surface area contributed by atoms with Gasteiger partial charge in [0.05, 0.1) is 0 Å². The Bertz CT molecular complexity index is 651. The first-order valence-electron chi connectivity index (χ1n) is 5.87. The van der Waals surface area contributed by atoms with Gasteiger partial charge in [-0.15, -0.1) is 11.3 Å². The monoisotopic (exact) mass is 273 g/mol. The van der Waals surface area contributed by atoms with Crippen molar-refractivity contribution >= 4 is 29.0 Å². The van der Waals surface area contributed by atoms with Crippen molar-refractivity contribution in [3.8, 4) is 0 Å². The second-order valence-electron chi connectivity index (χ2n) is 4.35. The maximum absolute atomic E-state index is 12.2. The molecule has 2 heterocycles. The lowest BCUT2D eigenvalue weighted by molar-refractivity contribution is -0.424. The van der Waals surface area contributed by atoms with Gasteiger partial charge in [0.15, 0.2) is 0 Å². The number of ether oxygens (including phenoxy) is 1. The Hall–Kier alpha value is -2.14. The molecule has 2 aliphatic rings. The predicted octanol–water partition coefficient (Wildman–Crippen LogP) is 1.51. The maximum atomic E-state index is 12.2. The van der Waals surface area contributed by atoms with Crippen LogP contribution in [0.3, 0.4) is 0 Å². The average Bonchev–Trinajstić information content (AvgIpc) is 2.88. The summed E-state index contributed by atoms with van der Waals surface area (Å²) < 4.78 is 7.35. The van der Waals surface area contributed by atoms with E-state index in [1.165, 1.54) is 0 Å². The van der Waals surface area contributed by atoms with Crippen molar-refractivity contribution in [3.63, 3.8) is 0 Å². The minimum Gasteiger partial charge on any atom is -0.465 e. The van der Waals surface area contributed by atoms with Crippen LogP contribution >= 0.6 is 11.3 Å². The number of carbonyl (C=O) groups excluding carboxylic acids is 1. The van der Waals surface area contributed by atoms with Gasteiger partial charge in [0.25, 0.3) is 0 Å². The van der Waals surface area contributed by atoms with Crippen LogP contribution in [0.1, 0.15) is 4.88 Å². The van der Waals surface area contributed by atoms with Gasteiger partial charge < -0.3 is 10.5 Å². The molecular formula is C14H13N2O2S+. The number of carbonyl (C=O) groups is 1. The van der Waals surface area contributed by atoms with Gasteiger partial charge in [0.1, 0.15) is 7.05 Å². The summed E-state index contributed by atoms with van der Waals surface area (Å²) in [5.74, 6) is 0.205. The van der Waals surface area contributed by atoms with E-state index in [0.717, 1.165) is 10.6 Å². The highest BCUT2D eigenvalue weighted by Crippen LogP contribution is 2.22. The zero-order valence-corrected chi connectivity index (χ0v) is 11.2. The summed E-state index contributed by atoms with van der Waals surface area (Å²) in [7, 11) is 1.75. The summed E-state index contributed by atoms with van der Waals surface area (Å²) in [6.07, 6.45) is 6.87. The van der Waals surface area contributed by atoms with Gasteiger partial charge in [-0.3, -0.25) is 0 Å². The van der Waals surface area contributed by atoms with Crippen molar-refractivity contribution < 1.29 is 14.1 Å². The number of fused-ring (bicyclic) bond motifs is 1. The SMILES string of the molecule is C[N+]1=C2C=CC(N)=CC2O/C(=C/c2cccs2)C1=O. The largest absolute Gasteiger partial charge is 0.465 e. The number of likely N-dealkylation sites (N-methyl/N-ethyl adjacent to an activating group) is 1. The first kappa shape index (κ1) is 11.9. The smallest absolute Gasteiger partial charge is 0.454 e. The normalized spacial score (nSPS) is 24.3. The number of nitrogens with zero attached hydrogens (tertiary/aromatic N) is 1. The zero-order valence-electron chi connectivity index (χ0n) is 10.4. The molecule has 0 radical (unpaired) electrons. The van der Waals surface area contributed by atoms with Gasteiger partial charge >= 0.3 is 5.91 Å². The van der Waals surface area contributed by atoms with Crippen LogP contribution in [0.5, 0.6) is 0 Å². The Morgan fingerprint density at radius 2 is 2.32 bits per heavy atom. The van der Waals surface area contributed by atoms with Crippen LogP contribution in [0.2, 0.25) is 0 Å². The van der Waals surface area contributed by atoms with E-state index < -0.39 is 0 Å². The molecule has 0 aromatic carbocycles. The van der Waals surface area contributed by atoms with Crippen LogP contribution in [0.4, 0.5) is 0 Å². The molecular weight excluding hydrogens is 260 g/mol. The van der Waals surface area contributed by atoms with E-state index in [4.69, 9.17) is 10.5 Å². The molecule has 0 bridgehead atoms. The molecule has 1 aromatic heterocycles. The lowest BCUT2D eigenvalue weighted by Gasteiger charge is -2.22. The number of hydrogen-bond acceptors (Lipinski definition) is 4. The quantitative estimate of drug-likeness (QED) is 0.623. The van der Waals surface area contributed by atoms with Crippen molar-refractivity contribution in [1.29, 1.82) is 0 Å². The second kappa shape index (κ2) is 4.51. The summed E-state index contributed by atoms with van der Waals surface area (Å²) in [6, 6.07) is 3.88. The number of allylic oxidation sites excluding steroid dienone is 1. The molecule has 3 rings (SSSR count). The van der Waals surface area contributed by atoms with E-state index >= 15 is 0 Å². The van der Waals surface area contributed by atoms with E-state index in [9.17, 15) is 4.79 Å². The van der Waals surface area contributed by atoms with Crippen LogP contribution in [0, 0.1) is 0 Å². The molecule has 0 saturated heterocycles.